The second-order valence-electron chi connectivity index (χ2n) is 6.01. The van der Waals surface area contributed by atoms with Gasteiger partial charge in [0.2, 0.25) is 0 Å². The fourth-order valence-electron chi connectivity index (χ4n) is 2.68. The average molecular weight is 284 g/mol. The zero-order valence-corrected chi connectivity index (χ0v) is 12.4. The summed E-state index contributed by atoms with van der Waals surface area (Å²) in [5.74, 6) is 0. The van der Waals surface area contributed by atoms with Crippen LogP contribution in [0, 0.1) is 0 Å². The van der Waals surface area contributed by atoms with Gasteiger partial charge in [-0.25, -0.2) is 0 Å². The van der Waals surface area contributed by atoms with Crippen molar-refractivity contribution in [1.29, 1.82) is 0 Å². The summed E-state index contributed by atoms with van der Waals surface area (Å²) in [6.45, 7) is 13.6. The van der Waals surface area contributed by atoms with Gasteiger partial charge in [-0.3, -0.25) is 9.80 Å². The molecule has 0 amide bonds. The molecule has 6 nitrogen and oxygen atoms in total. The molecule has 4 aliphatic rings. The van der Waals surface area contributed by atoms with Gasteiger partial charge >= 0.3 is 0 Å². The zero-order chi connectivity index (χ0) is 13.6. The van der Waals surface area contributed by atoms with Crippen molar-refractivity contribution in [3.05, 3.63) is 0 Å². The molecular formula is C14H28N4O2. The molecule has 4 saturated heterocycles. The van der Waals surface area contributed by atoms with Gasteiger partial charge in [0.1, 0.15) is 0 Å². The first-order chi connectivity index (χ1) is 9.90. The van der Waals surface area contributed by atoms with E-state index >= 15 is 0 Å². The predicted molar refractivity (Wildman–Crippen MR) is 78.1 cm³/mol. The monoisotopic (exact) mass is 284 g/mol. The quantitative estimate of drug-likeness (QED) is 0.618. The zero-order valence-electron chi connectivity index (χ0n) is 12.4. The molecule has 4 fully saturated rings. The first-order valence-corrected chi connectivity index (χ1v) is 7.99. The van der Waals surface area contributed by atoms with Crippen molar-refractivity contribution in [1.82, 2.24) is 20.4 Å². The van der Waals surface area contributed by atoms with Gasteiger partial charge in [-0.2, -0.15) is 0 Å². The van der Waals surface area contributed by atoms with Crippen molar-refractivity contribution in [2.75, 3.05) is 78.7 Å². The summed E-state index contributed by atoms with van der Waals surface area (Å²) in [4.78, 5) is 5.03. The van der Waals surface area contributed by atoms with Crippen LogP contribution in [0.3, 0.4) is 0 Å². The first kappa shape index (κ1) is 14.7. The minimum absolute atomic E-state index is 0.549. The van der Waals surface area contributed by atoms with Crippen LogP contribution in [0.2, 0.25) is 0 Å². The van der Waals surface area contributed by atoms with Crippen LogP contribution in [-0.4, -0.2) is 101 Å². The molecule has 116 valence electrons. The number of hydrogen-bond donors (Lipinski definition) is 2. The molecule has 0 spiro atoms. The Kier molecular flexibility index (Phi) is 5.64. The number of epoxide rings is 2. The standard InChI is InChI=1S/C10H18N2O2.C4H10N2/c1-2-12(6-10-8-14-10)4-3-11(1)5-9-7-13-9;1-2-6-4-3-5-1/h9-10H,1-8H2;5-6H,1-4H2. The van der Waals surface area contributed by atoms with Crippen molar-refractivity contribution in [2.24, 2.45) is 0 Å². The molecular weight excluding hydrogens is 256 g/mol. The Bertz CT molecular complexity index is 239. The third kappa shape index (κ3) is 5.63. The molecule has 20 heavy (non-hydrogen) atoms. The van der Waals surface area contributed by atoms with Crippen LogP contribution in [0.15, 0.2) is 0 Å². The van der Waals surface area contributed by atoms with Gasteiger partial charge < -0.3 is 20.1 Å². The molecule has 0 aromatic carbocycles. The van der Waals surface area contributed by atoms with Crippen LogP contribution in [0.4, 0.5) is 0 Å². The lowest BCUT2D eigenvalue weighted by Crippen LogP contribution is -2.48. The highest BCUT2D eigenvalue weighted by Gasteiger charge is 2.30. The Morgan fingerprint density at radius 3 is 1.30 bits per heavy atom. The highest BCUT2D eigenvalue weighted by atomic mass is 16.6. The molecule has 4 rings (SSSR count). The van der Waals surface area contributed by atoms with Crippen molar-refractivity contribution in [3.8, 4) is 0 Å². The third-order valence-electron chi connectivity index (χ3n) is 4.15. The van der Waals surface area contributed by atoms with Gasteiger partial charge in [0.25, 0.3) is 0 Å². The van der Waals surface area contributed by atoms with E-state index < -0.39 is 0 Å². The van der Waals surface area contributed by atoms with Crippen LogP contribution in [0.1, 0.15) is 0 Å². The van der Waals surface area contributed by atoms with Gasteiger partial charge in [0.15, 0.2) is 0 Å². The van der Waals surface area contributed by atoms with Gasteiger partial charge in [-0.15, -0.1) is 0 Å². The number of hydrogen-bond acceptors (Lipinski definition) is 6. The Morgan fingerprint density at radius 2 is 1.05 bits per heavy atom. The Labute approximate surface area is 121 Å². The summed E-state index contributed by atoms with van der Waals surface area (Å²) in [5.41, 5.74) is 0. The number of nitrogens with one attached hydrogen (secondary N) is 2. The summed E-state index contributed by atoms with van der Waals surface area (Å²) in [6.07, 6.45) is 1.10. The minimum atomic E-state index is 0.549. The number of piperazine rings is 2. The number of rotatable bonds is 4. The van der Waals surface area contributed by atoms with Gasteiger partial charge in [-0.05, 0) is 0 Å². The van der Waals surface area contributed by atoms with E-state index in [-0.39, 0.29) is 0 Å². The molecule has 6 heteroatoms. The van der Waals surface area contributed by atoms with Crippen LogP contribution in [-0.2, 0) is 9.47 Å². The number of ether oxygens (including phenoxy) is 2. The summed E-state index contributed by atoms with van der Waals surface area (Å²) >= 11 is 0. The summed E-state index contributed by atoms with van der Waals surface area (Å²) in [5, 5.41) is 6.44. The lowest BCUT2D eigenvalue weighted by atomic mass is 10.3. The van der Waals surface area contributed by atoms with Gasteiger partial charge in [0.05, 0.1) is 25.4 Å². The second kappa shape index (κ2) is 7.68. The van der Waals surface area contributed by atoms with E-state index in [2.05, 4.69) is 20.4 Å². The third-order valence-corrected chi connectivity index (χ3v) is 4.15. The maximum absolute atomic E-state index is 5.24. The molecule has 4 aliphatic heterocycles. The molecule has 0 radical (unpaired) electrons. The normalized spacial score (nSPS) is 34.2. The first-order valence-electron chi connectivity index (χ1n) is 7.99. The summed E-state index contributed by atoms with van der Waals surface area (Å²) in [7, 11) is 0. The molecule has 4 heterocycles. The second-order valence-corrected chi connectivity index (χ2v) is 6.01. The van der Waals surface area contributed by atoms with Crippen LogP contribution >= 0.6 is 0 Å². The highest BCUT2D eigenvalue weighted by Crippen LogP contribution is 2.15. The molecule has 0 aliphatic carbocycles. The van der Waals surface area contributed by atoms with Crippen molar-refractivity contribution >= 4 is 0 Å². The molecule has 0 aromatic heterocycles. The maximum Gasteiger partial charge on any atom is 0.0936 e. The van der Waals surface area contributed by atoms with Gasteiger partial charge in [-0.1, -0.05) is 0 Å². The van der Waals surface area contributed by atoms with E-state index in [9.17, 15) is 0 Å². The Morgan fingerprint density at radius 1 is 0.700 bits per heavy atom. The molecule has 0 bridgehead atoms. The molecule has 2 atom stereocenters. The van der Waals surface area contributed by atoms with Crippen molar-refractivity contribution in [2.45, 2.75) is 12.2 Å². The van der Waals surface area contributed by atoms with Gasteiger partial charge in [0, 0.05) is 65.4 Å². The molecule has 0 saturated carbocycles. The summed E-state index contributed by atoms with van der Waals surface area (Å²) < 4.78 is 10.5. The van der Waals surface area contributed by atoms with E-state index in [4.69, 9.17) is 9.47 Å². The maximum atomic E-state index is 5.24. The van der Waals surface area contributed by atoms with Crippen molar-refractivity contribution in [3.63, 3.8) is 0 Å². The van der Waals surface area contributed by atoms with Crippen LogP contribution in [0.5, 0.6) is 0 Å². The Hall–Kier alpha value is -0.240. The fourth-order valence-corrected chi connectivity index (χ4v) is 2.68. The van der Waals surface area contributed by atoms with E-state index in [0.717, 1.165) is 52.5 Å². The largest absolute Gasteiger partial charge is 0.372 e. The number of nitrogens with zero attached hydrogens (tertiary/aromatic N) is 2. The molecule has 2 unspecified atom stereocenters. The SMILES string of the molecule is C1CNCCN1.C1OC1CN1CCN(CC2CO2)CC1. The smallest absolute Gasteiger partial charge is 0.0936 e. The highest BCUT2D eigenvalue weighted by molar-refractivity contribution is 4.81. The predicted octanol–water partition coefficient (Wildman–Crippen LogP) is -1.42. The Balaban J connectivity index is 0.000000170. The lowest BCUT2D eigenvalue weighted by Gasteiger charge is -2.34. The van der Waals surface area contributed by atoms with Crippen LogP contribution in [0.25, 0.3) is 0 Å². The van der Waals surface area contributed by atoms with E-state index in [1.165, 1.54) is 26.2 Å². The lowest BCUT2D eigenvalue weighted by molar-refractivity contribution is 0.118. The topological polar surface area (TPSA) is 55.6 Å². The summed E-state index contributed by atoms with van der Waals surface area (Å²) in [6, 6.07) is 0. The van der Waals surface area contributed by atoms with E-state index in [1.807, 2.05) is 0 Å². The van der Waals surface area contributed by atoms with Crippen LogP contribution < -0.4 is 10.6 Å². The molecule has 2 N–H and O–H groups in total. The van der Waals surface area contributed by atoms with E-state index in [0.29, 0.717) is 12.2 Å². The fraction of sp³-hybridized carbons (Fsp3) is 1.00. The molecule has 0 aromatic rings. The van der Waals surface area contributed by atoms with E-state index in [1.54, 1.807) is 0 Å². The minimum Gasteiger partial charge on any atom is -0.372 e. The average Bonchev–Trinajstić information content (AvgIpc) is 3.40. The van der Waals surface area contributed by atoms with Crippen molar-refractivity contribution < 1.29 is 9.47 Å².